The average molecular weight is 457 g/mol. The molecule has 1 N–H and O–H groups in total. The summed E-state index contributed by atoms with van der Waals surface area (Å²) in [5, 5.41) is 12.3. The number of para-hydroxylation sites is 1. The first-order valence-corrected chi connectivity index (χ1v) is 11.2. The molecule has 3 aromatic rings. The fraction of sp³-hybridized carbons (Fsp3) is 0.227. The van der Waals surface area contributed by atoms with Crippen molar-refractivity contribution in [2.75, 3.05) is 13.7 Å². The molecule has 1 aliphatic heterocycles. The summed E-state index contributed by atoms with van der Waals surface area (Å²) in [4.78, 5) is 32.0. The highest BCUT2D eigenvalue weighted by Gasteiger charge is 2.33. The zero-order valence-electron chi connectivity index (χ0n) is 17.1. The largest absolute Gasteiger partial charge is 0.504 e. The number of aromatic hydroxyl groups is 1. The Balaban J connectivity index is 1.95. The average Bonchev–Trinajstić information content (AvgIpc) is 3.37. The van der Waals surface area contributed by atoms with Crippen LogP contribution in [0.2, 0.25) is 0 Å². The molecule has 0 aliphatic carbocycles. The minimum absolute atomic E-state index is 0.0472. The Morgan fingerprint density at radius 2 is 2.13 bits per heavy atom. The van der Waals surface area contributed by atoms with Crippen molar-refractivity contribution in [2.45, 2.75) is 19.9 Å². The minimum Gasteiger partial charge on any atom is -0.504 e. The molecule has 0 saturated carbocycles. The van der Waals surface area contributed by atoms with Crippen molar-refractivity contribution in [3.05, 3.63) is 77.1 Å². The van der Waals surface area contributed by atoms with Gasteiger partial charge in [-0.1, -0.05) is 29.5 Å². The van der Waals surface area contributed by atoms with Gasteiger partial charge in [-0.15, -0.1) is 11.3 Å². The number of carbonyl (C=O) groups is 1. The van der Waals surface area contributed by atoms with Crippen LogP contribution in [-0.2, 0) is 9.53 Å². The highest BCUT2D eigenvalue weighted by molar-refractivity contribution is 7.10. The Morgan fingerprint density at radius 1 is 1.32 bits per heavy atom. The summed E-state index contributed by atoms with van der Waals surface area (Å²) in [5.41, 5.74) is 1.04. The van der Waals surface area contributed by atoms with Gasteiger partial charge in [0.1, 0.15) is 6.04 Å². The molecule has 0 saturated heterocycles. The summed E-state index contributed by atoms with van der Waals surface area (Å²) < 4.78 is 12.3. The molecule has 9 heteroatoms. The second kappa shape index (κ2) is 8.52. The maximum atomic E-state index is 13.4. The lowest BCUT2D eigenvalue weighted by molar-refractivity contribution is -0.139. The van der Waals surface area contributed by atoms with Gasteiger partial charge in [-0.25, -0.2) is 9.79 Å². The van der Waals surface area contributed by atoms with Crippen LogP contribution in [-0.4, -0.2) is 29.4 Å². The molecule has 0 amide bonds. The summed E-state index contributed by atoms with van der Waals surface area (Å²) >= 11 is 2.66. The number of thiophene rings is 1. The third-order valence-electron chi connectivity index (χ3n) is 4.87. The van der Waals surface area contributed by atoms with Crippen molar-refractivity contribution in [3.63, 3.8) is 0 Å². The Morgan fingerprint density at radius 3 is 2.81 bits per heavy atom. The van der Waals surface area contributed by atoms with E-state index in [-0.39, 0.29) is 17.9 Å². The molecule has 1 aliphatic rings. The molecule has 0 radical (unpaired) electrons. The lowest BCUT2D eigenvalue weighted by Crippen LogP contribution is -2.39. The van der Waals surface area contributed by atoms with Crippen LogP contribution < -0.4 is 19.6 Å². The number of fused-ring (bicyclic) bond motifs is 1. The van der Waals surface area contributed by atoms with Crippen LogP contribution in [0.3, 0.4) is 0 Å². The van der Waals surface area contributed by atoms with Gasteiger partial charge >= 0.3 is 5.97 Å². The maximum absolute atomic E-state index is 13.4. The van der Waals surface area contributed by atoms with Gasteiger partial charge in [0.05, 0.1) is 29.5 Å². The van der Waals surface area contributed by atoms with Crippen molar-refractivity contribution in [2.24, 2.45) is 4.99 Å². The number of carbonyl (C=O) groups excluding carboxylic acids is 1. The number of phenols is 1. The van der Waals surface area contributed by atoms with Crippen molar-refractivity contribution in [3.8, 4) is 11.5 Å². The smallest absolute Gasteiger partial charge is 0.338 e. The van der Waals surface area contributed by atoms with Crippen molar-refractivity contribution in [1.29, 1.82) is 0 Å². The molecule has 160 valence electrons. The number of phenolic OH excluding ortho intramolecular Hbond substituents is 1. The van der Waals surface area contributed by atoms with E-state index in [1.165, 1.54) is 34.4 Å². The van der Waals surface area contributed by atoms with Gasteiger partial charge in [0.2, 0.25) is 0 Å². The number of thiazole rings is 1. The number of hydrogen-bond donors (Lipinski definition) is 1. The topological polar surface area (TPSA) is 90.1 Å². The lowest BCUT2D eigenvalue weighted by atomic mass is 10.0. The summed E-state index contributed by atoms with van der Waals surface area (Å²) in [6.07, 6.45) is 1.61. The number of methoxy groups -OCH3 is 1. The first kappa shape index (κ1) is 21.1. The first-order chi connectivity index (χ1) is 15.0. The van der Waals surface area contributed by atoms with Gasteiger partial charge in [0.15, 0.2) is 16.3 Å². The molecule has 0 fully saturated rings. The summed E-state index contributed by atoms with van der Waals surface area (Å²) in [6.45, 7) is 3.72. The molecule has 31 heavy (non-hydrogen) atoms. The Bertz CT molecular complexity index is 1350. The highest BCUT2D eigenvalue weighted by atomic mass is 32.1. The summed E-state index contributed by atoms with van der Waals surface area (Å²) in [6, 6.07) is 8.22. The molecule has 1 unspecified atom stereocenters. The maximum Gasteiger partial charge on any atom is 0.338 e. The summed E-state index contributed by atoms with van der Waals surface area (Å²) in [7, 11) is 1.47. The van der Waals surface area contributed by atoms with E-state index in [1.807, 2.05) is 17.5 Å². The number of rotatable bonds is 5. The number of hydrogen-bond acceptors (Lipinski definition) is 8. The van der Waals surface area contributed by atoms with Gasteiger partial charge in [-0.05, 0) is 37.4 Å². The lowest BCUT2D eigenvalue weighted by Gasteiger charge is -2.23. The highest BCUT2D eigenvalue weighted by Crippen LogP contribution is 2.33. The fourth-order valence-corrected chi connectivity index (χ4v) is 5.33. The van der Waals surface area contributed by atoms with Crippen LogP contribution in [0, 0.1) is 0 Å². The van der Waals surface area contributed by atoms with Gasteiger partial charge in [-0.2, -0.15) is 0 Å². The zero-order valence-corrected chi connectivity index (χ0v) is 18.8. The number of allylic oxidation sites excluding steroid dienone is 1. The Kier molecular flexibility index (Phi) is 5.79. The van der Waals surface area contributed by atoms with Crippen LogP contribution >= 0.6 is 22.7 Å². The molecule has 0 bridgehead atoms. The normalized spacial score (nSPS) is 16.1. The van der Waals surface area contributed by atoms with E-state index in [4.69, 9.17) is 9.47 Å². The quantitative estimate of drug-likeness (QED) is 0.596. The van der Waals surface area contributed by atoms with Gasteiger partial charge < -0.3 is 14.6 Å². The van der Waals surface area contributed by atoms with Crippen LogP contribution in [0.1, 0.15) is 30.3 Å². The predicted octanol–water partition coefficient (Wildman–Crippen LogP) is 2.57. The molecular weight excluding hydrogens is 436 g/mol. The van der Waals surface area contributed by atoms with Crippen LogP contribution in [0.15, 0.2) is 56.8 Å². The molecule has 1 atom stereocenters. The predicted molar refractivity (Wildman–Crippen MR) is 119 cm³/mol. The molecule has 7 nitrogen and oxygen atoms in total. The zero-order chi connectivity index (χ0) is 22.1. The number of benzene rings is 1. The third kappa shape index (κ3) is 3.70. The van der Waals surface area contributed by atoms with E-state index >= 15 is 0 Å². The number of esters is 1. The number of aromatic nitrogens is 1. The minimum atomic E-state index is -0.614. The van der Waals surface area contributed by atoms with E-state index in [0.717, 1.165) is 4.88 Å². The Labute approximate surface area is 185 Å². The molecule has 0 spiro atoms. The standard InChI is InChI=1S/C22H20N2O5S2/c1-4-29-21(27)17-12(2)23-22-24(18(17)15-9-6-10-30-15)20(26)16(31-22)11-13-7-5-8-14(28-3)19(13)25/h5-11,18,25H,4H2,1-3H3/b16-11-. The second-order valence-corrected chi connectivity index (χ2v) is 8.70. The Hall–Kier alpha value is -3.17. The SMILES string of the molecule is CCOC(=O)C1=C(C)N=c2s/c(=C\c3cccc(OC)c3O)c(=O)n2C1c1cccs1. The molecular formula is C22H20N2O5S2. The molecule has 1 aromatic carbocycles. The van der Waals surface area contributed by atoms with E-state index < -0.39 is 12.0 Å². The third-order valence-corrected chi connectivity index (χ3v) is 6.77. The van der Waals surface area contributed by atoms with Gasteiger partial charge in [-0.3, -0.25) is 9.36 Å². The van der Waals surface area contributed by atoms with Crippen LogP contribution in [0.25, 0.3) is 6.08 Å². The number of nitrogens with zero attached hydrogens (tertiary/aromatic N) is 2. The van der Waals surface area contributed by atoms with E-state index in [1.54, 1.807) is 38.1 Å². The van der Waals surface area contributed by atoms with E-state index in [0.29, 0.717) is 31.9 Å². The van der Waals surface area contributed by atoms with Crippen molar-refractivity contribution < 1.29 is 19.4 Å². The van der Waals surface area contributed by atoms with Crippen LogP contribution in [0.4, 0.5) is 0 Å². The van der Waals surface area contributed by atoms with Crippen molar-refractivity contribution in [1.82, 2.24) is 4.57 Å². The fourth-order valence-electron chi connectivity index (χ4n) is 3.47. The van der Waals surface area contributed by atoms with E-state index in [2.05, 4.69) is 4.99 Å². The first-order valence-electron chi connectivity index (χ1n) is 9.55. The molecule has 4 rings (SSSR count). The van der Waals surface area contributed by atoms with E-state index in [9.17, 15) is 14.7 Å². The van der Waals surface area contributed by atoms with Crippen LogP contribution in [0.5, 0.6) is 11.5 Å². The second-order valence-electron chi connectivity index (χ2n) is 6.72. The monoisotopic (exact) mass is 456 g/mol. The van der Waals surface area contributed by atoms with Gasteiger partial charge in [0, 0.05) is 10.4 Å². The number of ether oxygens (including phenoxy) is 2. The van der Waals surface area contributed by atoms with Gasteiger partial charge in [0.25, 0.3) is 5.56 Å². The summed E-state index contributed by atoms with van der Waals surface area (Å²) in [5.74, 6) is -0.214. The van der Waals surface area contributed by atoms with Crippen molar-refractivity contribution >= 4 is 34.7 Å². The molecule has 3 heterocycles. The molecule has 2 aromatic heterocycles.